The Labute approximate surface area is 188 Å². The van der Waals surface area contributed by atoms with Crippen molar-refractivity contribution in [2.75, 3.05) is 7.05 Å². The second-order valence-electron chi connectivity index (χ2n) is 11.0. The molecule has 5 aliphatic rings. The van der Waals surface area contributed by atoms with Crippen molar-refractivity contribution >= 4 is 16.5 Å². The first-order valence-corrected chi connectivity index (χ1v) is 12.1. The monoisotopic (exact) mass is 429 g/mol. The first-order chi connectivity index (χ1) is 15.4. The van der Waals surface area contributed by atoms with Gasteiger partial charge in [0.2, 0.25) is 0 Å². The number of aromatic nitrogens is 2. The van der Waals surface area contributed by atoms with Gasteiger partial charge >= 0.3 is 0 Å². The summed E-state index contributed by atoms with van der Waals surface area (Å²) < 4.78 is 7.26. The number of fused-ring (bicyclic) bond motifs is 2. The molecule has 2 bridgehead atoms. The van der Waals surface area contributed by atoms with Gasteiger partial charge < -0.3 is 9.94 Å². The van der Waals surface area contributed by atoms with Gasteiger partial charge in [0, 0.05) is 29.8 Å². The quantitative estimate of drug-likeness (QED) is 0.627. The Hall–Kier alpha value is -2.21. The first-order valence-electron chi connectivity index (χ1n) is 12.1. The molecule has 1 aromatic heterocycles. The molecule has 2 N–H and O–H groups in total. The average Bonchev–Trinajstić information content (AvgIpc) is 3.47. The van der Waals surface area contributed by atoms with Crippen molar-refractivity contribution in [2.24, 2.45) is 11.3 Å². The average molecular weight is 430 g/mol. The zero-order valence-electron chi connectivity index (χ0n) is 18.9. The summed E-state index contributed by atoms with van der Waals surface area (Å²) in [7, 11) is 1.79. The first kappa shape index (κ1) is 19.3. The maximum absolute atomic E-state index is 10.2. The summed E-state index contributed by atoms with van der Waals surface area (Å²) in [5.41, 5.74) is 6.46. The fraction of sp³-hybridized carbons (Fsp3) is 0.519. The number of H-pyrrole nitrogens is 1. The molecule has 0 radical (unpaired) electrons. The number of nitrogens with zero attached hydrogens (tertiary/aromatic N) is 2. The van der Waals surface area contributed by atoms with Gasteiger partial charge in [-0.15, -0.1) is 0 Å². The Bertz CT molecular complexity index is 1220. The molecule has 3 heterocycles. The molecule has 5 nitrogen and oxygen atoms in total. The van der Waals surface area contributed by atoms with Crippen molar-refractivity contribution in [3.8, 4) is 0 Å². The fourth-order valence-electron chi connectivity index (χ4n) is 7.84. The molecule has 5 heteroatoms. The van der Waals surface area contributed by atoms with Gasteiger partial charge in [-0.1, -0.05) is 31.2 Å². The van der Waals surface area contributed by atoms with Crippen LogP contribution in [0.1, 0.15) is 57.4 Å². The molecule has 2 spiro atoms. The minimum absolute atomic E-state index is 0.0691. The van der Waals surface area contributed by atoms with Gasteiger partial charge in [-0.3, -0.25) is 5.10 Å². The topological polar surface area (TPSA) is 61.4 Å². The Morgan fingerprint density at radius 2 is 2.16 bits per heavy atom. The van der Waals surface area contributed by atoms with Crippen LogP contribution in [0, 0.1) is 11.3 Å². The van der Waals surface area contributed by atoms with E-state index in [9.17, 15) is 5.21 Å². The molecule has 5 atom stereocenters. The summed E-state index contributed by atoms with van der Waals surface area (Å²) >= 11 is 0. The molecule has 2 aliphatic heterocycles. The molecular weight excluding hydrogens is 398 g/mol. The second-order valence-corrected chi connectivity index (χ2v) is 11.0. The lowest BCUT2D eigenvalue weighted by Gasteiger charge is -2.54. The van der Waals surface area contributed by atoms with E-state index in [0.717, 1.165) is 50.5 Å². The summed E-state index contributed by atoms with van der Waals surface area (Å²) in [6, 6.07) is 6.87. The lowest BCUT2D eigenvalue weighted by molar-refractivity contribution is -0.165. The Morgan fingerprint density at radius 3 is 3.03 bits per heavy atom. The molecule has 1 saturated carbocycles. The molecule has 7 rings (SSSR count). The zero-order chi connectivity index (χ0) is 21.7. The number of allylic oxidation sites excluding steroid dienone is 3. The molecule has 2 fully saturated rings. The minimum atomic E-state index is -0.190. The van der Waals surface area contributed by atoms with E-state index in [1.165, 1.54) is 32.7 Å². The third kappa shape index (κ3) is 2.32. The predicted molar refractivity (Wildman–Crippen MR) is 124 cm³/mol. The van der Waals surface area contributed by atoms with Crippen LogP contribution in [0.3, 0.4) is 0 Å². The molecular formula is C27H31N3O2. The highest BCUT2D eigenvalue weighted by molar-refractivity contribution is 5.85. The number of hydrogen-bond donors (Lipinski definition) is 2. The number of nitrogens with one attached hydrogen (secondary N) is 1. The van der Waals surface area contributed by atoms with E-state index in [2.05, 4.69) is 53.5 Å². The highest BCUT2D eigenvalue weighted by Crippen LogP contribution is 2.67. The lowest BCUT2D eigenvalue weighted by Crippen LogP contribution is -2.54. The van der Waals surface area contributed by atoms with Crippen LogP contribution in [0.4, 0.5) is 0 Å². The van der Waals surface area contributed by atoms with Gasteiger partial charge in [0.15, 0.2) is 0 Å². The van der Waals surface area contributed by atoms with Crippen molar-refractivity contribution in [1.29, 1.82) is 0 Å². The highest BCUT2D eigenvalue weighted by atomic mass is 16.5. The third-order valence-electron chi connectivity index (χ3n) is 9.52. The number of benzene rings is 1. The molecule has 32 heavy (non-hydrogen) atoms. The smallest absolute Gasteiger partial charge is 0.0980 e. The van der Waals surface area contributed by atoms with E-state index in [1.807, 2.05) is 6.20 Å². The summed E-state index contributed by atoms with van der Waals surface area (Å²) in [6.45, 7) is 2.46. The predicted octanol–water partition coefficient (Wildman–Crippen LogP) is 5.40. The van der Waals surface area contributed by atoms with E-state index < -0.39 is 0 Å². The number of hydrogen-bond acceptors (Lipinski definition) is 4. The van der Waals surface area contributed by atoms with Crippen molar-refractivity contribution in [2.45, 2.75) is 69.1 Å². The second kappa shape index (κ2) is 6.22. The van der Waals surface area contributed by atoms with E-state index >= 15 is 0 Å². The van der Waals surface area contributed by atoms with Gasteiger partial charge in [-0.2, -0.15) is 10.2 Å². The standard InChI is InChI=1S/C27H31N3O2/c1-25-10-9-20-14-19-4-5-21(30(2)31)15-26(19)11-12-27(20,32-26)24(25)8-6-22(25)17-3-7-23-18(13-17)16-28-29-23/h3,6-7,9,13-14,16,21,24,31H,4-5,8,10-12,15H2,1-2H3,(H,28,29)/t21-,24+,25+,26+,27+/m0/s1. The zero-order valence-corrected chi connectivity index (χ0v) is 18.9. The van der Waals surface area contributed by atoms with Gasteiger partial charge in [0.1, 0.15) is 0 Å². The summed E-state index contributed by atoms with van der Waals surface area (Å²) in [5, 5.41) is 20.0. The maximum Gasteiger partial charge on any atom is 0.0980 e. The van der Waals surface area contributed by atoms with Gasteiger partial charge in [0.25, 0.3) is 0 Å². The van der Waals surface area contributed by atoms with Gasteiger partial charge in [0.05, 0.1) is 22.9 Å². The van der Waals surface area contributed by atoms with Crippen molar-refractivity contribution in [3.63, 3.8) is 0 Å². The number of hydroxylamine groups is 2. The van der Waals surface area contributed by atoms with Crippen LogP contribution < -0.4 is 0 Å². The Kier molecular flexibility index (Phi) is 3.75. The third-order valence-corrected chi connectivity index (χ3v) is 9.52. The van der Waals surface area contributed by atoms with Crippen LogP contribution in [0.2, 0.25) is 0 Å². The normalized spacial score (nSPS) is 39.9. The lowest BCUT2D eigenvalue weighted by atomic mass is 9.58. The van der Waals surface area contributed by atoms with E-state index in [4.69, 9.17) is 4.74 Å². The Balaban J connectivity index is 1.29. The SMILES string of the molecule is CN(O)[C@H]1CCC2=CC3=CC[C@]4(C)C(c5ccc6[nH]ncc6c5)=CC[C@H]4[C@@]34CC[C@]2(C1)O4. The van der Waals surface area contributed by atoms with Crippen LogP contribution in [-0.2, 0) is 4.74 Å². The van der Waals surface area contributed by atoms with Gasteiger partial charge in [-0.25, -0.2) is 0 Å². The van der Waals surface area contributed by atoms with Crippen molar-refractivity contribution < 1.29 is 9.94 Å². The van der Waals surface area contributed by atoms with E-state index in [-0.39, 0.29) is 22.7 Å². The van der Waals surface area contributed by atoms with Crippen LogP contribution in [-0.4, -0.2) is 44.8 Å². The number of ether oxygens (including phenoxy) is 1. The van der Waals surface area contributed by atoms with E-state index in [0.29, 0.717) is 5.92 Å². The molecule has 1 saturated heterocycles. The fourth-order valence-corrected chi connectivity index (χ4v) is 7.84. The molecule has 3 aliphatic carbocycles. The van der Waals surface area contributed by atoms with Crippen LogP contribution in [0.5, 0.6) is 0 Å². The van der Waals surface area contributed by atoms with Crippen LogP contribution in [0.15, 0.2) is 53.8 Å². The number of rotatable bonds is 2. The van der Waals surface area contributed by atoms with Crippen molar-refractivity contribution in [3.05, 3.63) is 59.3 Å². The Morgan fingerprint density at radius 1 is 1.25 bits per heavy atom. The molecule has 0 unspecified atom stereocenters. The van der Waals surface area contributed by atoms with Gasteiger partial charge in [-0.05, 0) is 79.4 Å². The molecule has 2 aromatic rings. The summed E-state index contributed by atoms with van der Waals surface area (Å²) in [6.07, 6.45) is 16.6. The van der Waals surface area contributed by atoms with Crippen molar-refractivity contribution in [1.82, 2.24) is 15.3 Å². The van der Waals surface area contributed by atoms with Crippen LogP contribution in [0.25, 0.3) is 16.5 Å². The highest BCUT2D eigenvalue weighted by Gasteiger charge is 2.65. The summed E-state index contributed by atoms with van der Waals surface area (Å²) in [5.74, 6) is 0.453. The molecule has 166 valence electrons. The largest absolute Gasteiger partial charge is 0.359 e. The molecule has 1 aromatic carbocycles. The maximum atomic E-state index is 10.2. The molecule has 0 amide bonds. The van der Waals surface area contributed by atoms with Crippen LogP contribution >= 0.6 is 0 Å². The minimum Gasteiger partial charge on any atom is -0.359 e. The number of aromatic amines is 1. The summed E-state index contributed by atoms with van der Waals surface area (Å²) in [4.78, 5) is 0. The van der Waals surface area contributed by atoms with E-state index in [1.54, 1.807) is 7.05 Å².